The molecule has 2 rings (SSSR count). The third-order valence-electron chi connectivity index (χ3n) is 3.79. The van der Waals surface area contributed by atoms with Gasteiger partial charge >= 0.3 is 0 Å². The Morgan fingerprint density at radius 1 is 1.17 bits per heavy atom. The van der Waals surface area contributed by atoms with E-state index in [-0.39, 0.29) is 17.6 Å². The first-order valence-electron chi connectivity index (χ1n) is 8.58. The molecule has 0 aliphatic rings. The van der Waals surface area contributed by atoms with Gasteiger partial charge in [0, 0.05) is 19.3 Å². The molecule has 0 unspecified atom stereocenters. The number of carbonyl (C=O) groups excluding carboxylic acids is 2. The second-order valence-electron chi connectivity index (χ2n) is 6.29. The van der Waals surface area contributed by atoms with Gasteiger partial charge in [0.25, 0.3) is 11.8 Å². The Hall–Kier alpha value is -2.37. The van der Waals surface area contributed by atoms with Crippen molar-refractivity contribution in [2.24, 2.45) is 5.92 Å². The quantitative estimate of drug-likeness (QED) is 0.731. The van der Waals surface area contributed by atoms with Gasteiger partial charge in [-0.1, -0.05) is 33.3 Å². The zero-order valence-electron chi connectivity index (χ0n) is 14.6. The summed E-state index contributed by atoms with van der Waals surface area (Å²) in [5.74, 6) is 0.262. The van der Waals surface area contributed by atoms with Gasteiger partial charge < -0.3 is 10.6 Å². The number of hydrogen-bond donors (Lipinski definition) is 2. The number of rotatable bonds is 8. The number of fused-ring (bicyclic) bond motifs is 1. The summed E-state index contributed by atoms with van der Waals surface area (Å²) >= 11 is 0. The molecule has 6 nitrogen and oxygen atoms in total. The summed E-state index contributed by atoms with van der Waals surface area (Å²) in [5.41, 5.74) is 0.931. The van der Waals surface area contributed by atoms with E-state index in [4.69, 9.17) is 0 Å². The van der Waals surface area contributed by atoms with Crippen LogP contribution in [-0.4, -0.2) is 34.3 Å². The number of amides is 2. The van der Waals surface area contributed by atoms with Gasteiger partial charge in [-0.2, -0.15) is 0 Å². The maximum Gasteiger partial charge on any atom is 0.287 e. The minimum atomic E-state index is -0.258. The summed E-state index contributed by atoms with van der Waals surface area (Å²) in [6.07, 6.45) is 4.58. The van der Waals surface area contributed by atoms with Gasteiger partial charge in [0.15, 0.2) is 5.69 Å². The Balaban J connectivity index is 2.21. The van der Waals surface area contributed by atoms with E-state index in [9.17, 15) is 9.59 Å². The van der Waals surface area contributed by atoms with Crippen LogP contribution in [0.25, 0.3) is 5.52 Å². The number of nitrogens with one attached hydrogen (secondary N) is 2. The van der Waals surface area contributed by atoms with Crippen molar-refractivity contribution in [2.75, 3.05) is 13.1 Å². The Bertz CT molecular complexity index is 706. The summed E-state index contributed by atoms with van der Waals surface area (Å²) in [4.78, 5) is 29.1. The fourth-order valence-electron chi connectivity index (χ4n) is 2.38. The molecule has 0 radical (unpaired) electrons. The zero-order chi connectivity index (χ0) is 17.5. The van der Waals surface area contributed by atoms with Gasteiger partial charge in [-0.05, 0) is 30.9 Å². The molecule has 0 atom stereocenters. The van der Waals surface area contributed by atoms with Crippen LogP contribution >= 0.6 is 0 Å². The smallest absolute Gasteiger partial charge is 0.287 e. The van der Waals surface area contributed by atoms with E-state index < -0.39 is 0 Å². The van der Waals surface area contributed by atoms with Crippen molar-refractivity contribution in [2.45, 2.75) is 40.0 Å². The van der Waals surface area contributed by atoms with Crippen molar-refractivity contribution in [1.29, 1.82) is 0 Å². The SMILES string of the molecule is CCCCNC(=O)c1nc(C(=O)NCCC(C)C)c2ccccn12. The van der Waals surface area contributed by atoms with Crippen LogP contribution in [0.4, 0.5) is 0 Å². The summed E-state index contributed by atoms with van der Waals surface area (Å²) in [6.45, 7) is 7.48. The molecule has 2 aromatic heterocycles. The lowest BCUT2D eigenvalue weighted by molar-refractivity contribution is 0.0942. The molecule has 2 amide bonds. The van der Waals surface area contributed by atoms with Gasteiger partial charge in [-0.15, -0.1) is 0 Å². The lowest BCUT2D eigenvalue weighted by Gasteiger charge is -2.05. The van der Waals surface area contributed by atoms with Crippen LogP contribution in [0.15, 0.2) is 24.4 Å². The molecule has 0 fully saturated rings. The first-order valence-corrected chi connectivity index (χ1v) is 8.58. The largest absolute Gasteiger partial charge is 0.351 e. The number of hydrogen-bond acceptors (Lipinski definition) is 3. The second kappa shape index (κ2) is 8.47. The van der Waals surface area contributed by atoms with Gasteiger partial charge in [0.05, 0.1) is 5.52 Å². The zero-order valence-corrected chi connectivity index (χ0v) is 14.6. The second-order valence-corrected chi connectivity index (χ2v) is 6.29. The molecular formula is C18H26N4O2. The highest BCUT2D eigenvalue weighted by Gasteiger charge is 2.20. The summed E-state index contributed by atoms with van der Waals surface area (Å²) in [5, 5.41) is 5.73. The Labute approximate surface area is 142 Å². The highest BCUT2D eigenvalue weighted by Crippen LogP contribution is 2.13. The fourth-order valence-corrected chi connectivity index (χ4v) is 2.38. The van der Waals surface area contributed by atoms with Gasteiger partial charge in [-0.25, -0.2) is 4.98 Å². The lowest BCUT2D eigenvalue weighted by atomic mass is 10.1. The molecule has 0 aromatic carbocycles. The number of unbranched alkanes of at least 4 members (excludes halogenated alkanes) is 1. The monoisotopic (exact) mass is 330 g/mol. The predicted octanol–water partition coefficient (Wildman–Crippen LogP) is 2.64. The summed E-state index contributed by atoms with van der Waals surface area (Å²) < 4.78 is 1.67. The van der Waals surface area contributed by atoms with Crippen molar-refractivity contribution in [3.8, 4) is 0 Å². The van der Waals surface area contributed by atoms with E-state index in [1.807, 2.05) is 12.1 Å². The van der Waals surface area contributed by atoms with Crippen LogP contribution < -0.4 is 10.6 Å². The number of imidazole rings is 1. The molecule has 0 bridgehead atoms. The van der Waals surface area contributed by atoms with Crippen molar-refractivity contribution in [1.82, 2.24) is 20.0 Å². The molecule has 2 N–H and O–H groups in total. The van der Waals surface area contributed by atoms with Crippen LogP contribution in [0.2, 0.25) is 0 Å². The summed E-state index contributed by atoms with van der Waals surface area (Å²) in [6, 6.07) is 5.45. The Kier molecular flexibility index (Phi) is 6.35. The number of aromatic nitrogens is 2. The van der Waals surface area contributed by atoms with Crippen molar-refractivity contribution in [3.05, 3.63) is 35.9 Å². The average Bonchev–Trinajstić information content (AvgIpc) is 2.94. The van der Waals surface area contributed by atoms with Crippen molar-refractivity contribution < 1.29 is 9.59 Å². The van der Waals surface area contributed by atoms with Gasteiger partial charge in [0.2, 0.25) is 5.82 Å². The number of carbonyl (C=O) groups is 2. The maximum absolute atomic E-state index is 12.4. The topological polar surface area (TPSA) is 75.5 Å². The lowest BCUT2D eigenvalue weighted by Crippen LogP contribution is -2.27. The minimum absolute atomic E-state index is 0.244. The maximum atomic E-state index is 12.4. The Morgan fingerprint density at radius 2 is 1.92 bits per heavy atom. The van der Waals surface area contributed by atoms with Gasteiger partial charge in [0.1, 0.15) is 0 Å². The highest BCUT2D eigenvalue weighted by atomic mass is 16.2. The molecule has 130 valence electrons. The molecule has 0 saturated heterocycles. The van der Waals surface area contributed by atoms with Crippen LogP contribution in [0, 0.1) is 5.92 Å². The van der Waals surface area contributed by atoms with Crippen LogP contribution in [0.5, 0.6) is 0 Å². The molecule has 2 aromatic rings. The van der Waals surface area contributed by atoms with E-state index in [1.165, 1.54) is 0 Å². The molecule has 6 heteroatoms. The highest BCUT2D eigenvalue weighted by molar-refractivity contribution is 6.02. The molecule has 0 spiro atoms. The van der Waals surface area contributed by atoms with Gasteiger partial charge in [-0.3, -0.25) is 14.0 Å². The van der Waals surface area contributed by atoms with Crippen LogP contribution in [0.1, 0.15) is 61.1 Å². The van der Waals surface area contributed by atoms with Crippen LogP contribution in [0.3, 0.4) is 0 Å². The van der Waals surface area contributed by atoms with Crippen molar-refractivity contribution >= 4 is 17.3 Å². The number of pyridine rings is 1. The molecule has 0 aliphatic carbocycles. The van der Waals surface area contributed by atoms with Crippen molar-refractivity contribution in [3.63, 3.8) is 0 Å². The third-order valence-corrected chi connectivity index (χ3v) is 3.79. The molecule has 0 aliphatic heterocycles. The summed E-state index contributed by atoms with van der Waals surface area (Å²) in [7, 11) is 0. The van der Waals surface area contributed by atoms with E-state index in [0.717, 1.165) is 19.3 Å². The van der Waals surface area contributed by atoms with E-state index in [0.29, 0.717) is 30.2 Å². The van der Waals surface area contributed by atoms with E-state index in [1.54, 1.807) is 16.7 Å². The Morgan fingerprint density at radius 3 is 2.62 bits per heavy atom. The third kappa shape index (κ3) is 4.34. The first kappa shape index (κ1) is 18.0. The number of nitrogens with zero attached hydrogens (tertiary/aromatic N) is 2. The normalized spacial score (nSPS) is 11.0. The fraction of sp³-hybridized carbons (Fsp3) is 0.500. The van der Waals surface area contributed by atoms with Crippen LogP contribution in [-0.2, 0) is 0 Å². The van der Waals surface area contributed by atoms with E-state index >= 15 is 0 Å². The minimum Gasteiger partial charge on any atom is -0.351 e. The standard InChI is InChI=1S/C18H26N4O2/c1-4-5-10-19-18(24)16-21-15(14-8-6-7-12-22(14)16)17(23)20-11-9-13(2)3/h6-8,12-13H,4-5,9-11H2,1-3H3,(H,19,24)(H,20,23). The average molecular weight is 330 g/mol. The predicted molar refractivity (Wildman–Crippen MR) is 94.2 cm³/mol. The molecule has 24 heavy (non-hydrogen) atoms. The van der Waals surface area contributed by atoms with E-state index in [2.05, 4.69) is 36.4 Å². The first-order chi connectivity index (χ1) is 11.5. The molecular weight excluding hydrogens is 304 g/mol. The molecule has 2 heterocycles. The molecule has 0 saturated carbocycles.